The molecule has 1 atom stereocenters. The summed E-state index contributed by atoms with van der Waals surface area (Å²) in [5, 5.41) is 0. The van der Waals surface area contributed by atoms with Crippen molar-refractivity contribution >= 4 is 11.1 Å². The molecule has 0 heterocycles. The molecule has 1 unspecified atom stereocenters. The fourth-order valence-corrected chi connectivity index (χ4v) is 1.98. The maximum atomic E-state index is 10.6. The van der Waals surface area contributed by atoms with Crippen LogP contribution in [-0.4, -0.2) is 8.76 Å². The minimum absolute atomic E-state index is 0.756. The van der Waals surface area contributed by atoms with Crippen molar-refractivity contribution in [3.8, 4) is 0 Å². The van der Waals surface area contributed by atoms with E-state index in [1.165, 1.54) is 6.42 Å². The Hall–Kier alpha value is -0.150. The lowest BCUT2D eigenvalue weighted by atomic mass is 10.0. The van der Waals surface area contributed by atoms with E-state index in [0.717, 1.165) is 29.7 Å². The molecule has 0 fully saturated rings. The van der Waals surface area contributed by atoms with E-state index < -0.39 is 11.1 Å². The van der Waals surface area contributed by atoms with E-state index in [0.29, 0.717) is 0 Å². The molecule has 0 aromatic carbocycles. The molecule has 0 aliphatic heterocycles. The summed E-state index contributed by atoms with van der Waals surface area (Å²) in [6.07, 6.45) is 4.06. The molecule has 2 nitrogen and oxygen atoms in total. The number of hydrogen-bond donors (Lipinski definition) is 1. The van der Waals surface area contributed by atoms with Crippen LogP contribution in [0, 0.1) is 0 Å². The van der Waals surface area contributed by atoms with Crippen LogP contribution < -0.4 is 0 Å². The summed E-state index contributed by atoms with van der Waals surface area (Å²) in [5.74, 6) is 0. The molecule has 10 heavy (non-hydrogen) atoms. The van der Waals surface area contributed by atoms with Crippen LogP contribution in [0.5, 0.6) is 0 Å². The molecule has 1 aliphatic rings. The van der Waals surface area contributed by atoms with E-state index in [2.05, 4.69) is 0 Å². The van der Waals surface area contributed by atoms with Crippen LogP contribution in [-0.2, 0) is 11.1 Å². The van der Waals surface area contributed by atoms with E-state index in [-0.39, 0.29) is 0 Å². The van der Waals surface area contributed by atoms with Gasteiger partial charge in [-0.15, -0.1) is 0 Å². The Morgan fingerprint density at radius 1 is 1.40 bits per heavy atom. The molecule has 1 aliphatic carbocycles. The van der Waals surface area contributed by atoms with Gasteiger partial charge in [0.25, 0.3) is 0 Å². The Bertz CT molecular complexity index is 184. The number of hydrogen-bond acceptors (Lipinski definition) is 1. The van der Waals surface area contributed by atoms with Gasteiger partial charge in [0.1, 0.15) is 0 Å². The van der Waals surface area contributed by atoms with Crippen LogP contribution in [0.2, 0.25) is 0 Å². The molecule has 0 saturated carbocycles. The first kappa shape index (κ1) is 7.95. The van der Waals surface area contributed by atoms with Crippen molar-refractivity contribution in [2.75, 3.05) is 0 Å². The minimum atomic E-state index is -1.70. The Kier molecular flexibility index (Phi) is 2.63. The fraction of sp³-hybridized carbons (Fsp3) is 0.714. The Morgan fingerprint density at radius 2 is 2.00 bits per heavy atom. The molecule has 0 spiro atoms. The zero-order chi connectivity index (χ0) is 7.56. The maximum Gasteiger partial charge on any atom is 0.182 e. The van der Waals surface area contributed by atoms with Crippen LogP contribution >= 0.6 is 0 Å². The molecule has 0 amide bonds. The summed E-state index contributed by atoms with van der Waals surface area (Å²) in [5.41, 5.74) is 1.12. The average Bonchev–Trinajstić information content (AvgIpc) is 1.88. The van der Waals surface area contributed by atoms with E-state index in [4.69, 9.17) is 4.55 Å². The lowest BCUT2D eigenvalue weighted by Gasteiger charge is -2.13. The van der Waals surface area contributed by atoms with Gasteiger partial charge in [-0.05, 0) is 32.6 Å². The van der Waals surface area contributed by atoms with Gasteiger partial charge in [0.15, 0.2) is 11.1 Å². The van der Waals surface area contributed by atoms with Crippen LogP contribution in [0.1, 0.15) is 32.6 Å². The number of allylic oxidation sites excluding steroid dienone is 2. The van der Waals surface area contributed by atoms with Gasteiger partial charge in [-0.3, -0.25) is 0 Å². The molecule has 0 aromatic rings. The topological polar surface area (TPSA) is 37.3 Å². The van der Waals surface area contributed by atoms with Gasteiger partial charge < -0.3 is 4.55 Å². The van der Waals surface area contributed by atoms with Gasteiger partial charge in [0.2, 0.25) is 0 Å². The summed E-state index contributed by atoms with van der Waals surface area (Å²) < 4.78 is 19.4. The highest BCUT2D eigenvalue weighted by Gasteiger charge is 2.12. The predicted molar refractivity (Wildman–Crippen MR) is 41.9 cm³/mol. The summed E-state index contributed by atoms with van der Waals surface area (Å²) >= 11 is -1.70. The Balaban J connectivity index is 2.78. The van der Waals surface area contributed by atoms with E-state index in [1.807, 2.05) is 6.92 Å². The second-order valence-electron chi connectivity index (χ2n) is 2.66. The van der Waals surface area contributed by atoms with Crippen LogP contribution in [0.3, 0.4) is 0 Å². The first-order valence-electron chi connectivity index (χ1n) is 3.51. The minimum Gasteiger partial charge on any atom is -0.302 e. The first-order chi connectivity index (χ1) is 4.72. The molecule has 58 valence electrons. The van der Waals surface area contributed by atoms with Gasteiger partial charge in [-0.2, -0.15) is 0 Å². The fourth-order valence-electron chi connectivity index (χ4n) is 1.26. The van der Waals surface area contributed by atoms with Gasteiger partial charge in [0.05, 0.1) is 0 Å². The third kappa shape index (κ3) is 1.67. The summed E-state index contributed by atoms with van der Waals surface area (Å²) in [4.78, 5) is 0.756. The molecular weight excluding hydrogens is 148 g/mol. The highest BCUT2D eigenvalue weighted by atomic mass is 32.2. The average molecular weight is 160 g/mol. The summed E-state index contributed by atoms with van der Waals surface area (Å²) in [7, 11) is 0. The first-order valence-corrected chi connectivity index (χ1v) is 4.62. The van der Waals surface area contributed by atoms with Gasteiger partial charge >= 0.3 is 0 Å². The van der Waals surface area contributed by atoms with Crippen molar-refractivity contribution in [1.82, 2.24) is 0 Å². The van der Waals surface area contributed by atoms with Crippen molar-refractivity contribution in [3.05, 3.63) is 10.5 Å². The second-order valence-corrected chi connectivity index (χ2v) is 3.65. The second kappa shape index (κ2) is 3.30. The lowest BCUT2D eigenvalue weighted by Crippen LogP contribution is -2.02. The maximum absolute atomic E-state index is 10.6. The van der Waals surface area contributed by atoms with E-state index in [1.54, 1.807) is 0 Å². The SMILES string of the molecule is CC1=C(S(=O)O)CCCC1. The molecule has 1 N–H and O–H groups in total. The van der Waals surface area contributed by atoms with E-state index in [9.17, 15) is 4.21 Å². The molecule has 1 rings (SSSR count). The molecule has 3 heteroatoms. The normalized spacial score (nSPS) is 23.0. The van der Waals surface area contributed by atoms with Crippen molar-refractivity contribution in [2.24, 2.45) is 0 Å². The summed E-state index contributed by atoms with van der Waals surface area (Å²) in [6.45, 7) is 1.95. The highest BCUT2D eigenvalue weighted by Crippen LogP contribution is 2.25. The molecule has 0 saturated heterocycles. The zero-order valence-corrected chi connectivity index (χ0v) is 6.91. The van der Waals surface area contributed by atoms with Crippen molar-refractivity contribution in [1.29, 1.82) is 0 Å². The van der Waals surface area contributed by atoms with Gasteiger partial charge in [-0.1, -0.05) is 5.57 Å². The Labute approximate surface area is 63.6 Å². The smallest absolute Gasteiger partial charge is 0.182 e. The Morgan fingerprint density at radius 3 is 2.40 bits per heavy atom. The highest BCUT2D eigenvalue weighted by molar-refractivity contribution is 7.83. The number of rotatable bonds is 1. The molecular formula is C7H12O2S. The molecule has 0 radical (unpaired) electrons. The summed E-state index contributed by atoms with van der Waals surface area (Å²) in [6, 6.07) is 0. The third-order valence-corrected chi connectivity index (χ3v) is 2.87. The lowest BCUT2D eigenvalue weighted by molar-refractivity contribution is 0.563. The van der Waals surface area contributed by atoms with Gasteiger partial charge in [0, 0.05) is 4.91 Å². The monoisotopic (exact) mass is 160 g/mol. The van der Waals surface area contributed by atoms with E-state index >= 15 is 0 Å². The zero-order valence-electron chi connectivity index (χ0n) is 6.09. The van der Waals surface area contributed by atoms with Crippen LogP contribution in [0.25, 0.3) is 0 Å². The molecule has 0 aromatic heterocycles. The van der Waals surface area contributed by atoms with Crippen LogP contribution in [0.15, 0.2) is 10.5 Å². The van der Waals surface area contributed by atoms with Gasteiger partial charge in [-0.25, -0.2) is 4.21 Å². The quantitative estimate of drug-likeness (QED) is 0.596. The van der Waals surface area contributed by atoms with Crippen molar-refractivity contribution in [3.63, 3.8) is 0 Å². The predicted octanol–water partition coefficient (Wildman–Crippen LogP) is 2.06. The standard InChI is InChI=1S/C7H12O2S/c1-6-4-2-3-5-7(6)10(8)9/h2-5H2,1H3,(H,8,9). The van der Waals surface area contributed by atoms with Crippen molar-refractivity contribution < 1.29 is 8.76 Å². The van der Waals surface area contributed by atoms with Crippen LogP contribution in [0.4, 0.5) is 0 Å². The largest absolute Gasteiger partial charge is 0.302 e. The molecule has 0 bridgehead atoms. The third-order valence-electron chi connectivity index (χ3n) is 1.89. The van der Waals surface area contributed by atoms with Crippen molar-refractivity contribution in [2.45, 2.75) is 32.6 Å².